The summed E-state index contributed by atoms with van der Waals surface area (Å²) in [5, 5.41) is 6.97. The number of ether oxygens (including phenoxy) is 2. The van der Waals surface area contributed by atoms with Crippen molar-refractivity contribution in [3.05, 3.63) is 24.3 Å². The van der Waals surface area contributed by atoms with Crippen LogP contribution in [0.2, 0.25) is 0 Å². The van der Waals surface area contributed by atoms with Gasteiger partial charge in [-0.2, -0.15) is 0 Å². The van der Waals surface area contributed by atoms with Crippen molar-refractivity contribution in [1.82, 2.24) is 15.5 Å². The van der Waals surface area contributed by atoms with Crippen LogP contribution in [0.25, 0.3) is 0 Å². The molecule has 27 heavy (non-hydrogen) atoms. The molecule has 1 saturated heterocycles. The topological polar surface area (TPSA) is 58.1 Å². The monoisotopic (exact) mass is 374 g/mol. The molecular weight excluding hydrogens is 340 g/mol. The SMILES string of the molecule is CN=C(NCC(C)Oc1ccc(OC)cc1)NC1CCN(C2CCCC2)C1. The lowest BCUT2D eigenvalue weighted by molar-refractivity contribution is 0.223. The number of hydrogen-bond donors (Lipinski definition) is 2. The Bertz CT molecular complexity index is 599. The number of rotatable bonds is 7. The van der Waals surface area contributed by atoms with Crippen LogP contribution in [-0.4, -0.2) is 62.8 Å². The number of methoxy groups -OCH3 is 1. The van der Waals surface area contributed by atoms with Crippen molar-refractivity contribution in [3.63, 3.8) is 0 Å². The summed E-state index contributed by atoms with van der Waals surface area (Å²) in [6, 6.07) is 8.97. The number of nitrogens with zero attached hydrogens (tertiary/aromatic N) is 2. The number of likely N-dealkylation sites (tertiary alicyclic amines) is 1. The summed E-state index contributed by atoms with van der Waals surface area (Å²) in [5.74, 6) is 2.54. The van der Waals surface area contributed by atoms with Gasteiger partial charge in [-0.25, -0.2) is 0 Å². The minimum Gasteiger partial charge on any atom is -0.497 e. The molecule has 2 aliphatic rings. The highest BCUT2D eigenvalue weighted by Gasteiger charge is 2.30. The molecule has 1 aliphatic carbocycles. The van der Waals surface area contributed by atoms with E-state index in [-0.39, 0.29) is 6.10 Å². The van der Waals surface area contributed by atoms with Crippen LogP contribution in [0.3, 0.4) is 0 Å². The van der Waals surface area contributed by atoms with Gasteiger partial charge in [0.05, 0.1) is 13.7 Å². The van der Waals surface area contributed by atoms with Crippen LogP contribution < -0.4 is 20.1 Å². The van der Waals surface area contributed by atoms with Gasteiger partial charge in [-0.05, 0) is 50.5 Å². The number of nitrogens with one attached hydrogen (secondary N) is 2. The van der Waals surface area contributed by atoms with Gasteiger partial charge in [-0.3, -0.25) is 9.89 Å². The summed E-state index contributed by atoms with van der Waals surface area (Å²) in [5.41, 5.74) is 0. The predicted molar refractivity (Wildman–Crippen MR) is 110 cm³/mol. The Morgan fingerprint density at radius 3 is 2.56 bits per heavy atom. The first-order valence-corrected chi connectivity index (χ1v) is 10.2. The van der Waals surface area contributed by atoms with Crippen LogP contribution in [0, 0.1) is 0 Å². The van der Waals surface area contributed by atoms with Crippen LogP contribution in [0.4, 0.5) is 0 Å². The van der Waals surface area contributed by atoms with Crippen molar-refractivity contribution in [3.8, 4) is 11.5 Å². The fourth-order valence-electron chi connectivity index (χ4n) is 4.06. The Morgan fingerprint density at radius 1 is 1.19 bits per heavy atom. The molecule has 3 rings (SSSR count). The van der Waals surface area contributed by atoms with Crippen molar-refractivity contribution in [2.75, 3.05) is 33.8 Å². The molecule has 150 valence electrons. The highest BCUT2D eigenvalue weighted by atomic mass is 16.5. The molecule has 0 amide bonds. The highest BCUT2D eigenvalue weighted by molar-refractivity contribution is 5.80. The Balaban J connectivity index is 1.39. The standard InChI is InChI=1S/C21H34N4O2/c1-16(27-20-10-8-19(26-3)9-11-20)14-23-21(22-2)24-17-12-13-25(15-17)18-6-4-5-7-18/h8-11,16-18H,4-7,12-15H2,1-3H3,(H2,22,23,24). The molecule has 0 bridgehead atoms. The minimum absolute atomic E-state index is 0.0375. The predicted octanol–water partition coefficient (Wildman–Crippen LogP) is 2.64. The molecular formula is C21H34N4O2. The van der Waals surface area contributed by atoms with Crippen molar-refractivity contribution in [1.29, 1.82) is 0 Å². The average molecular weight is 375 g/mol. The van der Waals surface area contributed by atoms with Crippen molar-refractivity contribution in [2.24, 2.45) is 4.99 Å². The Kier molecular flexibility index (Phi) is 7.21. The van der Waals surface area contributed by atoms with E-state index in [1.54, 1.807) is 7.11 Å². The summed E-state index contributed by atoms with van der Waals surface area (Å²) in [4.78, 5) is 7.04. The second-order valence-corrected chi connectivity index (χ2v) is 7.62. The molecule has 1 aromatic rings. The summed E-state index contributed by atoms with van der Waals surface area (Å²) in [6.07, 6.45) is 6.77. The summed E-state index contributed by atoms with van der Waals surface area (Å²) >= 11 is 0. The zero-order chi connectivity index (χ0) is 19.1. The fraction of sp³-hybridized carbons (Fsp3) is 0.667. The second kappa shape index (κ2) is 9.83. The van der Waals surface area contributed by atoms with E-state index >= 15 is 0 Å². The zero-order valence-electron chi connectivity index (χ0n) is 16.9. The van der Waals surface area contributed by atoms with Gasteiger partial charge >= 0.3 is 0 Å². The summed E-state index contributed by atoms with van der Waals surface area (Å²) < 4.78 is 11.1. The van der Waals surface area contributed by atoms with Crippen LogP contribution >= 0.6 is 0 Å². The van der Waals surface area contributed by atoms with Crippen LogP contribution in [0.15, 0.2) is 29.3 Å². The van der Waals surface area contributed by atoms with Gasteiger partial charge < -0.3 is 20.1 Å². The lowest BCUT2D eigenvalue weighted by atomic mass is 10.2. The molecule has 2 unspecified atom stereocenters. The maximum atomic E-state index is 5.95. The smallest absolute Gasteiger partial charge is 0.191 e. The van der Waals surface area contributed by atoms with E-state index in [4.69, 9.17) is 9.47 Å². The second-order valence-electron chi connectivity index (χ2n) is 7.62. The first kappa shape index (κ1) is 19.8. The molecule has 2 N–H and O–H groups in total. The largest absolute Gasteiger partial charge is 0.497 e. The van der Waals surface area contributed by atoms with Gasteiger partial charge in [-0.1, -0.05) is 12.8 Å². The number of benzene rings is 1. The number of guanidine groups is 1. The van der Waals surface area contributed by atoms with E-state index in [1.807, 2.05) is 31.3 Å². The molecule has 1 aromatic carbocycles. The van der Waals surface area contributed by atoms with Crippen molar-refractivity contribution in [2.45, 2.75) is 57.2 Å². The van der Waals surface area contributed by atoms with E-state index in [2.05, 4.69) is 27.4 Å². The van der Waals surface area contributed by atoms with E-state index in [1.165, 1.54) is 38.6 Å². The molecule has 0 aromatic heterocycles. The molecule has 0 spiro atoms. The minimum atomic E-state index is 0.0375. The molecule has 1 saturated carbocycles. The van der Waals surface area contributed by atoms with E-state index < -0.39 is 0 Å². The molecule has 2 fully saturated rings. The van der Waals surface area contributed by atoms with Gasteiger partial charge in [0.1, 0.15) is 17.6 Å². The van der Waals surface area contributed by atoms with E-state index in [9.17, 15) is 0 Å². The highest BCUT2D eigenvalue weighted by Crippen LogP contribution is 2.26. The fourth-order valence-corrected chi connectivity index (χ4v) is 4.06. The van der Waals surface area contributed by atoms with Crippen LogP contribution in [0.1, 0.15) is 39.0 Å². The molecule has 0 radical (unpaired) electrons. The third-order valence-corrected chi connectivity index (χ3v) is 5.58. The average Bonchev–Trinajstić information content (AvgIpc) is 3.37. The van der Waals surface area contributed by atoms with E-state index in [0.29, 0.717) is 12.6 Å². The third kappa shape index (κ3) is 5.76. The van der Waals surface area contributed by atoms with Gasteiger partial charge in [0.2, 0.25) is 0 Å². The Labute approximate surface area is 163 Å². The van der Waals surface area contributed by atoms with Crippen LogP contribution in [-0.2, 0) is 0 Å². The van der Waals surface area contributed by atoms with Gasteiger partial charge in [0.25, 0.3) is 0 Å². The third-order valence-electron chi connectivity index (χ3n) is 5.58. The van der Waals surface area contributed by atoms with Gasteiger partial charge in [0, 0.05) is 32.2 Å². The maximum absolute atomic E-state index is 5.95. The Morgan fingerprint density at radius 2 is 1.89 bits per heavy atom. The van der Waals surface area contributed by atoms with Crippen molar-refractivity contribution < 1.29 is 9.47 Å². The lowest BCUT2D eigenvalue weighted by Crippen LogP contribution is -2.47. The van der Waals surface area contributed by atoms with Crippen LogP contribution in [0.5, 0.6) is 11.5 Å². The molecule has 6 nitrogen and oxygen atoms in total. The normalized spacial score (nSPS) is 22.6. The summed E-state index contributed by atoms with van der Waals surface area (Å²) in [7, 11) is 3.49. The molecule has 1 heterocycles. The quantitative estimate of drug-likeness (QED) is 0.568. The first-order valence-electron chi connectivity index (χ1n) is 10.2. The molecule has 6 heteroatoms. The summed E-state index contributed by atoms with van der Waals surface area (Å²) in [6.45, 7) is 5.09. The molecule has 1 aliphatic heterocycles. The van der Waals surface area contributed by atoms with Gasteiger partial charge in [-0.15, -0.1) is 0 Å². The zero-order valence-corrected chi connectivity index (χ0v) is 16.9. The van der Waals surface area contributed by atoms with Crippen molar-refractivity contribution >= 4 is 5.96 Å². The first-order chi connectivity index (χ1) is 13.2. The lowest BCUT2D eigenvalue weighted by Gasteiger charge is -2.24. The van der Waals surface area contributed by atoms with E-state index in [0.717, 1.165) is 30.0 Å². The number of hydrogen-bond acceptors (Lipinski definition) is 4. The number of aliphatic imine (C=N–C) groups is 1. The molecule has 2 atom stereocenters. The maximum Gasteiger partial charge on any atom is 0.191 e. The van der Waals surface area contributed by atoms with Gasteiger partial charge in [0.15, 0.2) is 5.96 Å². The Hall–Kier alpha value is -1.95.